The Morgan fingerprint density at radius 3 is 0.808 bits per heavy atom. The van der Waals surface area contributed by atoms with Gasteiger partial charge in [-0.25, -0.2) is 0 Å². The quantitative estimate of drug-likeness (QED) is 0.0261. The Labute approximate surface area is 479 Å². The fraction of sp³-hybridized carbons (Fsp3) is 0.569. The molecule has 1 unspecified atom stereocenters. The maximum absolute atomic E-state index is 12.9. The minimum absolute atomic E-state index is 0.105. The van der Waals surface area contributed by atoms with E-state index in [4.69, 9.17) is 14.2 Å². The number of carbonyl (C=O) groups excluding carboxylic acids is 3. The zero-order valence-electron chi connectivity index (χ0n) is 49.9. The van der Waals surface area contributed by atoms with Gasteiger partial charge in [0.25, 0.3) is 0 Å². The van der Waals surface area contributed by atoms with E-state index in [1.807, 2.05) is 0 Å². The molecule has 0 aliphatic carbocycles. The lowest BCUT2D eigenvalue weighted by Gasteiger charge is -2.18. The Kier molecular flexibility index (Phi) is 60.0. The Bertz CT molecular complexity index is 1810. The summed E-state index contributed by atoms with van der Waals surface area (Å²) in [6.07, 6.45) is 95.1. The highest BCUT2D eigenvalue weighted by Gasteiger charge is 2.19. The Hall–Kier alpha value is -5.23. The van der Waals surface area contributed by atoms with Gasteiger partial charge in [-0.1, -0.05) is 262 Å². The maximum Gasteiger partial charge on any atom is 0.306 e. The molecule has 0 aliphatic heterocycles. The molecule has 0 fully saturated rings. The molecule has 0 saturated carbocycles. The van der Waals surface area contributed by atoms with Crippen LogP contribution in [0.5, 0.6) is 0 Å². The van der Waals surface area contributed by atoms with Crippen LogP contribution < -0.4 is 0 Å². The third-order valence-electron chi connectivity index (χ3n) is 12.5. The normalized spacial score (nSPS) is 13.3. The summed E-state index contributed by atoms with van der Waals surface area (Å²) in [7, 11) is 0. The van der Waals surface area contributed by atoms with Crippen LogP contribution in [0.1, 0.15) is 245 Å². The zero-order chi connectivity index (χ0) is 56.4. The third kappa shape index (κ3) is 61.6. The van der Waals surface area contributed by atoms with E-state index in [0.29, 0.717) is 25.7 Å². The predicted molar refractivity (Wildman–Crippen MR) is 338 cm³/mol. The van der Waals surface area contributed by atoms with Crippen molar-refractivity contribution >= 4 is 17.9 Å². The average Bonchev–Trinajstić information content (AvgIpc) is 3.44. The first kappa shape index (κ1) is 72.8. The highest BCUT2D eigenvalue weighted by atomic mass is 16.6. The van der Waals surface area contributed by atoms with Gasteiger partial charge in [-0.3, -0.25) is 14.4 Å². The van der Waals surface area contributed by atoms with Crippen LogP contribution in [-0.2, 0) is 28.6 Å². The van der Waals surface area contributed by atoms with Gasteiger partial charge in [0.05, 0.1) is 0 Å². The van der Waals surface area contributed by atoms with Crippen LogP contribution in [0.3, 0.4) is 0 Å². The number of hydrogen-bond acceptors (Lipinski definition) is 6. The van der Waals surface area contributed by atoms with Crippen molar-refractivity contribution in [2.45, 2.75) is 252 Å². The van der Waals surface area contributed by atoms with E-state index < -0.39 is 6.10 Å². The van der Waals surface area contributed by atoms with E-state index in [0.717, 1.165) is 154 Å². The van der Waals surface area contributed by atoms with E-state index in [1.54, 1.807) is 0 Å². The number of hydrogen-bond donors (Lipinski definition) is 0. The summed E-state index contributed by atoms with van der Waals surface area (Å²) in [6, 6.07) is 0. The summed E-state index contributed by atoms with van der Waals surface area (Å²) in [4.78, 5) is 38.1. The van der Waals surface area contributed by atoms with Gasteiger partial charge in [-0.2, -0.15) is 0 Å². The molecule has 1 atom stereocenters. The number of carbonyl (C=O) groups is 3. The molecule has 0 N–H and O–H groups in total. The summed E-state index contributed by atoms with van der Waals surface area (Å²) >= 11 is 0. The van der Waals surface area contributed by atoms with Gasteiger partial charge in [-0.15, -0.1) is 0 Å². The topological polar surface area (TPSA) is 78.9 Å². The van der Waals surface area contributed by atoms with Crippen LogP contribution >= 0.6 is 0 Å². The van der Waals surface area contributed by atoms with Crippen LogP contribution in [0.2, 0.25) is 0 Å². The van der Waals surface area contributed by atoms with Crippen molar-refractivity contribution in [2.24, 2.45) is 0 Å². The number of rotatable bonds is 54. The van der Waals surface area contributed by atoms with Crippen molar-refractivity contribution in [2.75, 3.05) is 13.2 Å². The number of ether oxygens (including phenoxy) is 3. The molecule has 0 aromatic heterocycles. The van der Waals surface area contributed by atoms with Gasteiger partial charge >= 0.3 is 17.9 Å². The van der Waals surface area contributed by atoms with E-state index in [1.165, 1.54) is 44.9 Å². The van der Waals surface area contributed by atoms with E-state index in [2.05, 4.69) is 191 Å². The SMILES string of the molecule is CC/C=C\C/C=C\C/C=C\C/C=C\C/C=C\C/C=C\C/C=C\C/C=C\CCCCC(=O)OCC(COC(=O)CCCCCCCCCC)OC(=O)CCCCCCCC/C=C\C/C=C\C/C=C\C/C=C\C/C=C\C/C=C\CC. The van der Waals surface area contributed by atoms with Crippen LogP contribution in [-0.4, -0.2) is 37.2 Å². The van der Waals surface area contributed by atoms with Gasteiger partial charge < -0.3 is 14.2 Å². The average molecular weight is 1070 g/mol. The molecule has 6 heteroatoms. The minimum Gasteiger partial charge on any atom is -0.462 e. The molecule has 78 heavy (non-hydrogen) atoms. The second-order valence-corrected chi connectivity index (χ2v) is 19.9. The molecule has 0 bridgehead atoms. The molecular formula is C72H112O6. The lowest BCUT2D eigenvalue weighted by Crippen LogP contribution is -2.30. The van der Waals surface area contributed by atoms with Crippen molar-refractivity contribution in [1.82, 2.24) is 0 Å². The Morgan fingerprint density at radius 2 is 0.500 bits per heavy atom. The number of unbranched alkanes of at least 4 members (excludes halogenated alkanes) is 15. The summed E-state index contributed by atoms with van der Waals surface area (Å²) in [5, 5.41) is 0. The third-order valence-corrected chi connectivity index (χ3v) is 12.5. The highest BCUT2D eigenvalue weighted by Crippen LogP contribution is 2.13. The van der Waals surface area contributed by atoms with Gasteiger partial charge in [0, 0.05) is 19.3 Å². The lowest BCUT2D eigenvalue weighted by molar-refractivity contribution is -0.167. The van der Waals surface area contributed by atoms with Gasteiger partial charge in [0.1, 0.15) is 13.2 Å². The second kappa shape index (κ2) is 64.3. The predicted octanol–water partition coefficient (Wildman–Crippen LogP) is 21.5. The molecule has 0 radical (unpaired) electrons. The van der Waals surface area contributed by atoms with Gasteiger partial charge in [0.15, 0.2) is 6.10 Å². The van der Waals surface area contributed by atoms with Crippen LogP contribution in [0.15, 0.2) is 170 Å². The minimum atomic E-state index is -0.812. The van der Waals surface area contributed by atoms with E-state index in [-0.39, 0.29) is 31.1 Å². The smallest absolute Gasteiger partial charge is 0.306 e. The monoisotopic (exact) mass is 1070 g/mol. The van der Waals surface area contributed by atoms with Crippen molar-refractivity contribution < 1.29 is 28.6 Å². The standard InChI is InChI=1S/C72H112O6/c1-4-7-10-13-16-19-21-23-25-27-29-31-33-35-36-38-39-41-43-45-47-49-51-53-56-59-62-65-71(74)77-68-69(67-76-70(73)64-61-58-55-18-15-12-9-6-3)78-72(75)66-63-60-57-54-52-50-48-46-44-42-40-37-34-32-30-28-26-24-22-20-17-14-11-8-5-2/h7-8,10-11,16-17,19-20,23-26,29-32,35-37,39-41,44-47,51,53,69H,4-6,9,12-15,18,21-22,27-28,33-34,38,42-43,48-50,52,54-68H2,1-3H3/b10-7-,11-8-,19-16-,20-17-,25-23-,26-24-,31-29-,32-30-,36-35-,40-37-,41-39-,46-44-,47-45-,53-51-. The summed E-state index contributed by atoms with van der Waals surface area (Å²) < 4.78 is 16.8. The number of allylic oxidation sites excluding steroid dienone is 28. The Balaban J connectivity index is 4.37. The molecule has 0 rings (SSSR count). The van der Waals surface area contributed by atoms with Crippen LogP contribution in [0, 0.1) is 0 Å². The molecule has 0 amide bonds. The molecule has 0 saturated heterocycles. The largest absolute Gasteiger partial charge is 0.462 e. The van der Waals surface area contributed by atoms with Crippen LogP contribution in [0.25, 0.3) is 0 Å². The van der Waals surface area contributed by atoms with Gasteiger partial charge in [0.2, 0.25) is 0 Å². The van der Waals surface area contributed by atoms with Crippen molar-refractivity contribution in [3.63, 3.8) is 0 Å². The molecule has 0 spiro atoms. The summed E-state index contributed by atoms with van der Waals surface area (Å²) in [6.45, 7) is 6.32. The molecule has 0 aromatic carbocycles. The summed E-state index contributed by atoms with van der Waals surface area (Å²) in [5.74, 6) is -0.978. The fourth-order valence-electron chi connectivity index (χ4n) is 7.87. The lowest BCUT2D eigenvalue weighted by atomic mass is 10.1. The van der Waals surface area contributed by atoms with Crippen molar-refractivity contribution in [3.05, 3.63) is 170 Å². The highest BCUT2D eigenvalue weighted by molar-refractivity contribution is 5.71. The first-order chi connectivity index (χ1) is 38.5. The zero-order valence-corrected chi connectivity index (χ0v) is 49.9. The summed E-state index contributed by atoms with van der Waals surface area (Å²) in [5.41, 5.74) is 0. The first-order valence-electron chi connectivity index (χ1n) is 31.1. The molecule has 6 nitrogen and oxygen atoms in total. The van der Waals surface area contributed by atoms with Crippen molar-refractivity contribution in [1.29, 1.82) is 0 Å². The first-order valence-corrected chi connectivity index (χ1v) is 31.1. The fourth-order valence-corrected chi connectivity index (χ4v) is 7.87. The molecule has 0 aliphatic rings. The van der Waals surface area contributed by atoms with Crippen molar-refractivity contribution in [3.8, 4) is 0 Å². The van der Waals surface area contributed by atoms with Crippen LogP contribution in [0.4, 0.5) is 0 Å². The number of esters is 3. The molecule has 0 aromatic rings. The van der Waals surface area contributed by atoms with E-state index >= 15 is 0 Å². The Morgan fingerprint density at radius 1 is 0.269 bits per heavy atom. The van der Waals surface area contributed by atoms with E-state index in [9.17, 15) is 14.4 Å². The maximum atomic E-state index is 12.9. The molecular weight excluding hydrogens is 961 g/mol. The second-order valence-electron chi connectivity index (χ2n) is 19.9. The molecule has 0 heterocycles. The molecule has 436 valence electrons. The van der Waals surface area contributed by atoms with Gasteiger partial charge in [-0.05, 0) is 135 Å².